The third-order valence-corrected chi connectivity index (χ3v) is 4.31. The van der Waals surface area contributed by atoms with E-state index in [0.717, 1.165) is 10.8 Å². The maximum Gasteiger partial charge on any atom is 0.355 e. The van der Waals surface area contributed by atoms with Gasteiger partial charge in [0, 0.05) is 12.6 Å². The number of rotatable bonds is 6. The zero-order chi connectivity index (χ0) is 21.5. The molecular weight excluding hydrogens is 380 g/mol. The molecule has 0 saturated heterocycles. The Hall–Kier alpha value is -3.93. The summed E-state index contributed by atoms with van der Waals surface area (Å²) in [4.78, 5) is 36.5. The second-order valence-corrected chi connectivity index (χ2v) is 6.75. The van der Waals surface area contributed by atoms with E-state index in [1.165, 1.54) is 19.9 Å². The number of hydrogen-bond donors (Lipinski definition) is 2. The predicted octanol–water partition coefficient (Wildman–Crippen LogP) is 3.89. The van der Waals surface area contributed by atoms with Gasteiger partial charge in [-0.1, -0.05) is 60.7 Å². The van der Waals surface area contributed by atoms with Crippen LogP contribution < -0.4 is 10.6 Å². The normalized spacial score (nSPS) is 12.1. The maximum atomic E-state index is 12.5. The summed E-state index contributed by atoms with van der Waals surface area (Å²) in [6, 6.07) is 22.3. The lowest BCUT2D eigenvalue weighted by molar-refractivity contribution is -0.149. The number of anilines is 1. The van der Waals surface area contributed by atoms with Crippen LogP contribution in [0.15, 0.2) is 78.5 Å². The fourth-order valence-corrected chi connectivity index (χ4v) is 2.84. The van der Waals surface area contributed by atoms with Gasteiger partial charge in [-0.15, -0.1) is 0 Å². The summed E-state index contributed by atoms with van der Waals surface area (Å²) in [6.45, 7) is 2.77. The Bertz CT molecular complexity index is 1110. The molecule has 0 saturated carbocycles. The number of benzene rings is 3. The number of carbonyl (C=O) groups excluding carboxylic acids is 3. The van der Waals surface area contributed by atoms with Gasteiger partial charge in [0.2, 0.25) is 5.91 Å². The Morgan fingerprint density at radius 2 is 1.57 bits per heavy atom. The summed E-state index contributed by atoms with van der Waals surface area (Å²) in [5, 5.41) is 7.25. The molecule has 152 valence electrons. The van der Waals surface area contributed by atoms with Crippen LogP contribution in [0.1, 0.15) is 19.4 Å². The van der Waals surface area contributed by atoms with Crippen LogP contribution in [0.2, 0.25) is 0 Å². The summed E-state index contributed by atoms with van der Waals surface area (Å²) in [7, 11) is 0. The first-order valence-corrected chi connectivity index (χ1v) is 9.47. The topological polar surface area (TPSA) is 84.5 Å². The smallest absolute Gasteiger partial charge is 0.355 e. The molecule has 30 heavy (non-hydrogen) atoms. The molecule has 2 N–H and O–H groups in total. The molecule has 0 spiro atoms. The monoisotopic (exact) mass is 402 g/mol. The van der Waals surface area contributed by atoms with Crippen molar-refractivity contribution >= 4 is 40.3 Å². The van der Waals surface area contributed by atoms with Crippen molar-refractivity contribution in [1.29, 1.82) is 0 Å². The van der Waals surface area contributed by atoms with Crippen LogP contribution in [0, 0.1) is 0 Å². The van der Waals surface area contributed by atoms with E-state index in [0.29, 0.717) is 11.3 Å². The zero-order valence-corrected chi connectivity index (χ0v) is 16.7. The first kappa shape index (κ1) is 20.8. The van der Waals surface area contributed by atoms with Gasteiger partial charge in [-0.05, 0) is 41.5 Å². The van der Waals surface area contributed by atoms with Gasteiger partial charge >= 0.3 is 5.97 Å². The average Bonchev–Trinajstić information content (AvgIpc) is 2.73. The first-order valence-electron chi connectivity index (χ1n) is 9.47. The van der Waals surface area contributed by atoms with E-state index in [4.69, 9.17) is 4.74 Å². The van der Waals surface area contributed by atoms with Crippen molar-refractivity contribution in [3.8, 4) is 0 Å². The van der Waals surface area contributed by atoms with Crippen LogP contribution in [-0.4, -0.2) is 23.9 Å². The van der Waals surface area contributed by atoms with Crippen molar-refractivity contribution in [1.82, 2.24) is 5.32 Å². The minimum absolute atomic E-state index is 0.0425. The Balaban J connectivity index is 1.69. The SMILES string of the molecule is CC(=O)NC(=Cc1ccccc1)C(=O)OC(C)C(=O)Nc1ccc2ccccc2c1. The fourth-order valence-electron chi connectivity index (χ4n) is 2.84. The van der Waals surface area contributed by atoms with Crippen molar-refractivity contribution in [3.05, 3.63) is 84.1 Å². The zero-order valence-electron chi connectivity index (χ0n) is 16.7. The number of hydrogen-bond acceptors (Lipinski definition) is 4. The third kappa shape index (κ3) is 5.54. The van der Waals surface area contributed by atoms with Crippen molar-refractivity contribution < 1.29 is 19.1 Å². The van der Waals surface area contributed by atoms with Gasteiger partial charge in [0.05, 0.1) is 0 Å². The molecule has 0 aromatic heterocycles. The lowest BCUT2D eigenvalue weighted by Gasteiger charge is -2.15. The molecule has 1 unspecified atom stereocenters. The van der Waals surface area contributed by atoms with E-state index < -0.39 is 23.9 Å². The van der Waals surface area contributed by atoms with Crippen LogP contribution in [0.25, 0.3) is 16.8 Å². The van der Waals surface area contributed by atoms with Gasteiger partial charge in [-0.25, -0.2) is 4.79 Å². The highest BCUT2D eigenvalue weighted by Gasteiger charge is 2.21. The van der Waals surface area contributed by atoms with Crippen molar-refractivity contribution in [2.45, 2.75) is 20.0 Å². The average molecular weight is 402 g/mol. The molecule has 0 bridgehead atoms. The number of esters is 1. The third-order valence-electron chi connectivity index (χ3n) is 4.31. The predicted molar refractivity (Wildman–Crippen MR) is 116 cm³/mol. The molecule has 0 fully saturated rings. The summed E-state index contributed by atoms with van der Waals surface area (Å²) in [5.41, 5.74) is 1.27. The first-order chi connectivity index (χ1) is 14.4. The molecule has 0 aliphatic carbocycles. The van der Waals surface area contributed by atoms with Crippen LogP contribution in [0.4, 0.5) is 5.69 Å². The summed E-state index contributed by atoms with van der Waals surface area (Å²) >= 11 is 0. The fraction of sp³-hybridized carbons (Fsp3) is 0.125. The van der Waals surface area contributed by atoms with Crippen LogP contribution >= 0.6 is 0 Å². The van der Waals surface area contributed by atoms with E-state index in [2.05, 4.69) is 10.6 Å². The van der Waals surface area contributed by atoms with Crippen molar-refractivity contribution in [3.63, 3.8) is 0 Å². The van der Waals surface area contributed by atoms with E-state index in [1.54, 1.807) is 18.2 Å². The van der Waals surface area contributed by atoms with E-state index in [9.17, 15) is 14.4 Å². The van der Waals surface area contributed by atoms with E-state index >= 15 is 0 Å². The molecule has 6 heteroatoms. The highest BCUT2D eigenvalue weighted by Crippen LogP contribution is 2.19. The Labute approximate surface area is 174 Å². The molecule has 6 nitrogen and oxygen atoms in total. The molecule has 3 rings (SSSR count). The van der Waals surface area contributed by atoms with Gasteiger partial charge in [0.1, 0.15) is 5.70 Å². The lowest BCUT2D eigenvalue weighted by Crippen LogP contribution is -2.33. The lowest BCUT2D eigenvalue weighted by atomic mass is 10.1. The maximum absolute atomic E-state index is 12.5. The van der Waals surface area contributed by atoms with Crippen LogP contribution in [-0.2, 0) is 19.1 Å². The summed E-state index contributed by atoms with van der Waals surface area (Å²) in [6.07, 6.45) is 0.439. The largest absolute Gasteiger partial charge is 0.448 e. The molecule has 0 heterocycles. The van der Waals surface area contributed by atoms with E-state index in [-0.39, 0.29) is 5.70 Å². The molecule has 3 aromatic carbocycles. The second-order valence-electron chi connectivity index (χ2n) is 6.75. The van der Waals surface area contributed by atoms with Gasteiger partial charge in [0.15, 0.2) is 6.10 Å². The van der Waals surface area contributed by atoms with Crippen LogP contribution in [0.5, 0.6) is 0 Å². The van der Waals surface area contributed by atoms with Crippen molar-refractivity contribution in [2.24, 2.45) is 0 Å². The number of carbonyl (C=O) groups is 3. The second kappa shape index (κ2) is 9.52. The summed E-state index contributed by atoms with van der Waals surface area (Å²) in [5.74, 6) is -1.68. The number of ether oxygens (including phenoxy) is 1. The molecule has 2 amide bonds. The Kier molecular flexibility index (Phi) is 6.60. The molecule has 1 atom stereocenters. The molecule has 0 radical (unpaired) electrons. The van der Waals surface area contributed by atoms with Gasteiger partial charge in [-0.2, -0.15) is 0 Å². The highest BCUT2D eigenvalue weighted by atomic mass is 16.5. The molecule has 3 aromatic rings. The minimum Gasteiger partial charge on any atom is -0.448 e. The minimum atomic E-state index is -1.06. The molecule has 0 aliphatic heterocycles. The Morgan fingerprint density at radius 3 is 2.27 bits per heavy atom. The van der Waals surface area contributed by atoms with Gasteiger partial charge < -0.3 is 15.4 Å². The summed E-state index contributed by atoms with van der Waals surface area (Å²) < 4.78 is 5.27. The molecule has 0 aliphatic rings. The number of fused-ring (bicyclic) bond motifs is 1. The van der Waals surface area contributed by atoms with Crippen LogP contribution in [0.3, 0.4) is 0 Å². The standard InChI is InChI=1S/C24H22N2O4/c1-16(23(28)26-21-13-12-19-10-6-7-11-20(19)15-21)30-24(29)22(25-17(2)27)14-18-8-4-3-5-9-18/h3-16H,1-2H3,(H,25,27)(H,26,28). The highest BCUT2D eigenvalue weighted by molar-refractivity contribution is 6.01. The Morgan fingerprint density at radius 1 is 0.900 bits per heavy atom. The van der Waals surface area contributed by atoms with Gasteiger partial charge in [0.25, 0.3) is 5.91 Å². The molecular formula is C24H22N2O4. The number of nitrogens with one attached hydrogen (secondary N) is 2. The quantitative estimate of drug-likeness (QED) is 0.484. The van der Waals surface area contributed by atoms with Crippen molar-refractivity contribution in [2.75, 3.05) is 5.32 Å². The van der Waals surface area contributed by atoms with Gasteiger partial charge in [-0.3, -0.25) is 9.59 Å². The number of amides is 2. The van der Waals surface area contributed by atoms with E-state index in [1.807, 2.05) is 54.6 Å².